The van der Waals surface area contributed by atoms with Gasteiger partial charge in [0.2, 0.25) is 0 Å². The van der Waals surface area contributed by atoms with Crippen LogP contribution in [-0.4, -0.2) is 24.1 Å². The van der Waals surface area contributed by atoms with Gasteiger partial charge in [0.15, 0.2) is 0 Å². The number of hydrogen-bond acceptors (Lipinski definition) is 4. The van der Waals surface area contributed by atoms with E-state index < -0.39 is 0 Å². The summed E-state index contributed by atoms with van der Waals surface area (Å²) in [6.45, 7) is 8.20. The third-order valence-electron chi connectivity index (χ3n) is 8.11. The van der Waals surface area contributed by atoms with Gasteiger partial charge < -0.3 is 14.2 Å². The third kappa shape index (κ3) is 8.17. The third-order valence-corrected chi connectivity index (χ3v) is 10.7. The Hall–Kier alpha value is -2.47. The second kappa shape index (κ2) is 15.5. The summed E-state index contributed by atoms with van der Waals surface area (Å²) < 4.78 is 19.2. The molecule has 0 amide bonds. The fraction of sp³-hybridized carbons (Fsp3) is 0.351. The van der Waals surface area contributed by atoms with Crippen LogP contribution in [0, 0.1) is 5.92 Å². The minimum Gasteiger partial charge on any atom is -0.492 e. The average Bonchev–Trinajstić information content (AvgIpc) is 3.03. The van der Waals surface area contributed by atoms with Gasteiger partial charge in [-0.05, 0) is 71.7 Å². The fourth-order valence-electron chi connectivity index (χ4n) is 5.83. The summed E-state index contributed by atoms with van der Waals surface area (Å²) in [7, 11) is 0. The summed E-state index contributed by atoms with van der Waals surface area (Å²) in [5, 5.41) is 1.88. The van der Waals surface area contributed by atoms with Crippen LogP contribution in [0.5, 0.6) is 5.75 Å². The summed E-state index contributed by atoms with van der Waals surface area (Å²) in [5.41, 5.74) is 5.68. The number of thioether (sulfide) groups is 1. The second-order valence-electron chi connectivity index (χ2n) is 11.1. The van der Waals surface area contributed by atoms with Gasteiger partial charge in [-0.15, -0.1) is 11.8 Å². The molecule has 3 nitrogen and oxygen atoms in total. The van der Waals surface area contributed by atoms with E-state index in [1.165, 1.54) is 11.1 Å². The van der Waals surface area contributed by atoms with Gasteiger partial charge >= 0.3 is 0 Å². The first-order chi connectivity index (χ1) is 21.0. The van der Waals surface area contributed by atoms with E-state index in [2.05, 4.69) is 80.6 Å². The Morgan fingerprint density at radius 1 is 0.698 bits per heavy atom. The minimum absolute atomic E-state index is 0.0656. The van der Waals surface area contributed by atoms with E-state index in [0.29, 0.717) is 48.2 Å². The number of rotatable bonds is 12. The zero-order valence-corrected chi connectivity index (χ0v) is 27.4. The molecule has 5 atom stereocenters. The molecule has 1 aliphatic heterocycles. The van der Waals surface area contributed by atoms with Gasteiger partial charge in [0.05, 0.1) is 36.2 Å². The molecule has 226 valence electrons. The van der Waals surface area contributed by atoms with Crippen molar-refractivity contribution in [3.8, 4) is 5.75 Å². The van der Waals surface area contributed by atoms with Crippen LogP contribution < -0.4 is 4.74 Å². The lowest BCUT2D eigenvalue weighted by molar-refractivity contribution is -0.112. The molecular formula is C37H40Cl2O3S. The predicted octanol–water partition coefficient (Wildman–Crippen LogP) is 10.4. The molecule has 0 aliphatic carbocycles. The first-order valence-electron chi connectivity index (χ1n) is 15.1. The normalized spacial score (nSPS) is 21.9. The molecule has 6 heteroatoms. The van der Waals surface area contributed by atoms with Gasteiger partial charge in [0.25, 0.3) is 0 Å². The predicted molar refractivity (Wildman–Crippen MR) is 180 cm³/mol. The fourth-order valence-corrected chi connectivity index (χ4v) is 7.93. The Labute approximate surface area is 270 Å². The minimum atomic E-state index is -0.138. The number of benzene rings is 4. The van der Waals surface area contributed by atoms with Gasteiger partial charge in [-0.25, -0.2) is 0 Å². The second-order valence-corrected chi connectivity index (χ2v) is 13.3. The lowest BCUT2D eigenvalue weighted by atomic mass is 9.89. The first-order valence-corrected chi connectivity index (χ1v) is 16.8. The van der Waals surface area contributed by atoms with Crippen molar-refractivity contribution in [3.63, 3.8) is 0 Å². The zero-order valence-electron chi connectivity index (χ0n) is 25.0. The maximum Gasteiger partial charge on any atom is 0.137 e. The van der Waals surface area contributed by atoms with Gasteiger partial charge in [0.1, 0.15) is 11.9 Å². The van der Waals surface area contributed by atoms with Crippen LogP contribution in [0.2, 0.25) is 10.0 Å². The Balaban J connectivity index is 1.45. The summed E-state index contributed by atoms with van der Waals surface area (Å²) in [6.07, 6.45) is 1.53. The van der Waals surface area contributed by atoms with Crippen LogP contribution >= 0.6 is 35.0 Å². The van der Waals surface area contributed by atoms with Crippen LogP contribution in [-0.2, 0) is 29.1 Å². The van der Waals surface area contributed by atoms with Gasteiger partial charge in [-0.1, -0.05) is 116 Å². The highest BCUT2D eigenvalue weighted by molar-refractivity contribution is 8.00. The lowest BCUT2D eigenvalue weighted by Gasteiger charge is -2.45. The lowest BCUT2D eigenvalue weighted by Crippen LogP contribution is -2.48. The van der Waals surface area contributed by atoms with Gasteiger partial charge in [-0.3, -0.25) is 0 Å². The molecule has 0 radical (unpaired) electrons. The number of ether oxygens (including phenoxy) is 3. The molecule has 4 aromatic rings. The van der Waals surface area contributed by atoms with Crippen molar-refractivity contribution in [3.05, 3.63) is 135 Å². The molecule has 1 saturated heterocycles. The van der Waals surface area contributed by atoms with Gasteiger partial charge in [0, 0.05) is 10.3 Å². The van der Waals surface area contributed by atoms with Crippen molar-refractivity contribution in [1.29, 1.82) is 0 Å². The molecule has 4 aromatic carbocycles. The van der Waals surface area contributed by atoms with E-state index in [0.717, 1.165) is 28.1 Å². The molecule has 0 unspecified atom stereocenters. The Morgan fingerprint density at radius 2 is 1.35 bits per heavy atom. The molecule has 0 bridgehead atoms. The van der Waals surface area contributed by atoms with E-state index >= 15 is 0 Å². The van der Waals surface area contributed by atoms with Crippen molar-refractivity contribution in [2.75, 3.05) is 6.61 Å². The molecule has 0 N–H and O–H groups in total. The van der Waals surface area contributed by atoms with Crippen LogP contribution in [0.3, 0.4) is 0 Å². The maximum absolute atomic E-state index is 6.83. The molecule has 0 saturated carbocycles. The van der Waals surface area contributed by atoms with Crippen LogP contribution in [0.15, 0.2) is 97.1 Å². The Kier molecular flexibility index (Phi) is 11.5. The van der Waals surface area contributed by atoms with E-state index in [9.17, 15) is 0 Å². The number of halogens is 2. The number of hydrogen-bond donors (Lipinski definition) is 0. The van der Waals surface area contributed by atoms with Crippen molar-refractivity contribution in [2.45, 2.75) is 69.5 Å². The van der Waals surface area contributed by atoms with Crippen LogP contribution in [0.1, 0.15) is 60.3 Å². The van der Waals surface area contributed by atoms with Gasteiger partial charge in [-0.2, -0.15) is 0 Å². The molecule has 1 fully saturated rings. The summed E-state index contributed by atoms with van der Waals surface area (Å²) in [4.78, 5) is 0. The highest BCUT2D eigenvalue weighted by Gasteiger charge is 2.45. The van der Waals surface area contributed by atoms with Crippen molar-refractivity contribution in [1.82, 2.24) is 0 Å². The average molecular weight is 636 g/mol. The zero-order chi connectivity index (χ0) is 30.2. The van der Waals surface area contributed by atoms with Crippen molar-refractivity contribution in [2.24, 2.45) is 5.92 Å². The summed E-state index contributed by atoms with van der Waals surface area (Å²) in [5.74, 6) is 1.03. The highest BCUT2D eigenvalue weighted by Crippen LogP contribution is 2.49. The molecule has 5 rings (SSSR count). The summed E-state index contributed by atoms with van der Waals surface area (Å²) >= 11 is 15.3. The Bertz CT molecular complexity index is 1450. The van der Waals surface area contributed by atoms with E-state index in [1.54, 1.807) is 0 Å². The smallest absolute Gasteiger partial charge is 0.137 e. The monoisotopic (exact) mass is 634 g/mol. The maximum atomic E-state index is 6.83. The van der Waals surface area contributed by atoms with E-state index in [1.807, 2.05) is 49.0 Å². The quantitative estimate of drug-likeness (QED) is 0.155. The standard InChI is InChI=1S/C37H40Cl2O3S/c1-4-34-25(3)35(41-23-26-12-8-6-9-13-26)36(42-24-27-14-10-7-11-15-27)37(43-34)29-17-18-31(38)30(22-29)20-28-16-19-33(40-5-2)32(39)21-28/h6-19,21-22,25,34-37H,4-5,20,23-24H2,1-3H3/t25-,34-,35+,36-,37+/m1/s1. The first kappa shape index (κ1) is 31.9. The Morgan fingerprint density at radius 3 is 1.95 bits per heavy atom. The molecule has 43 heavy (non-hydrogen) atoms. The molecular weight excluding hydrogens is 595 g/mol. The molecule has 0 aromatic heterocycles. The van der Waals surface area contributed by atoms with E-state index in [4.69, 9.17) is 37.4 Å². The SMILES string of the molecule is CCOc1ccc(Cc2cc([C@@H]3S[C@H](CC)[C@@H](C)[C@H](OCc4ccccc4)[C@H]3OCc3ccccc3)ccc2Cl)cc1Cl. The molecule has 1 heterocycles. The van der Waals surface area contributed by atoms with Crippen LogP contribution in [0.25, 0.3) is 0 Å². The van der Waals surface area contributed by atoms with E-state index in [-0.39, 0.29) is 17.5 Å². The topological polar surface area (TPSA) is 27.7 Å². The highest BCUT2D eigenvalue weighted by atomic mass is 35.5. The largest absolute Gasteiger partial charge is 0.492 e. The van der Waals surface area contributed by atoms with Crippen molar-refractivity contribution >= 4 is 35.0 Å². The summed E-state index contributed by atoms with van der Waals surface area (Å²) in [6, 6.07) is 33.2. The van der Waals surface area contributed by atoms with Crippen LogP contribution in [0.4, 0.5) is 0 Å². The molecule has 0 spiro atoms. The molecule has 1 aliphatic rings. The van der Waals surface area contributed by atoms with Crippen molar-refractivity contribution < 1.29 is 14.2 Å².